The van der Waals surface area contributed by atoms with Crippen molar-refractivity contribution in [1.82, 2.24) is 0 Å². The Morgan fingerprint density at radius 1 is 1.18 bits per heavy atom. The van der Waals surface area contributed by atoms with E-state index in [1.807, 2.05) is 0 Å². The second kappa shape index (κ2) is 5.04. The van der Waals surface area contributed by atoms with E-state index in [9.17, 15) is 0 Å². The highest BCUT2D eigenvalue weighted by atomic mass is 32.2. The highest BCUT2D eigenvalue weighted by Crippen LogP contribution is 2.44. The Balaban J connectivity index is 1.87. The van der Waals surface area contributed by atoms with Gasteiger partial charge in [-0.15, -0.1) is 0 Å². The van der Waals surface area contributed by atoms with Crippen molar-refractivity contribution in [3.05, 3.63) is 0 Å². The van der Waals surface area contributed by atoms with Gasteiger partial charge in [-0.3, -0.25) is 0 Å². The van der Waals surface area contributed by atoms with E-state index in [1.165, 1.54) is 12.8 Å². The summed E-state index contributed by atoms with van der Waals surface area (Å²) in [6, 6.07) is 0. The summed E-state index contributed by atoms with van der Waals surface area (Å²) in [5.74, 6) is 0. The van der Waals surface area contributed by atoms with Crippen LogP contribution in [0.2, 0.25) is 0 Å². The van der Waals surface area contributed by atoms with E-state index in [4.69, 9.17) is 4.74 Å². The van der Waals surface area contributed by atoms with E-state index >= 15 is 0 Å². The van der Waals surface area contributed by atoms with E-state index in [2.05, 4.69) is 25.6 Å². The van der Waals surface area contributed by atoms with Crippen molar-refractivity contribution in [2.75, 3.05) is 13.2 Å². The van der Waals surface area contributed by atoms with Crippen molar-refractivity contribution >= 4 is 11.8 Å². The maximum Gasteiger partial charge on any atom is 0.0595 e. The van der Waals surface area contributed by atoms with Crippen LogP contribution in [0.1, 0.15) is 33.1 Å². The third-order valence-electron chi connectivity index (χ3n) is 1.89. The average molecular weight is 174 g/mol. The van der Waals surface area contributed by atoms with Crippen molar-refractivity contribution in [2.45, 2.75) is 43.6 Å². The molecule has 1 saturated heterocycles. The molecular weight excluding hydrogens is 156 g/mol. The van der Waals surface area contributed by atoms with Gasteiger partial charge in [0.15, 0.2) is 0 Å². The van der Waals surface area contributed by atoms with Crippen LogP contribution in [0, 0.1) is 0 Å². The average Bonchev–Trinajstić information content (AvgIpc) is 2.70. The molecule has 0 spiro atoms. The molecule has 0 saturated carbocycles. The Labute approximate surface area is 73.9 Å². The molecule has 0 aromatic carbocycles. The van der Waals surface area contributed by atoms with Crippen LogP contribution in [-0.4, -0.2) is 23.7 Å². The SMILES string of the molecule is CCCOCC1SC1CCC. The third-order valence-corrected chi connectivity index (χ3v) is 3.31. The molecule has 0 aliphatic carbocycles. The minimum atomic E-state index is 0.835. The normalized spacial score (nSPS) is 28.9. The summed E-state index contributed by atoms with van der Waals surface area (Å²) in [6.45, 7) is 6.34. The molecule has 2 heteroatoms. The zero-order chi connectivity index (χ0) is 8.10. The number of ether oxygens (including phenoxy) is 1. The second-order valence-electron chi connectivity index (χ2n) is 3.08. The molecule has 1 aliphatic rings. The summed E-state index contributed by atoms with van der Waals surface area (Å²) in [5, 5.41) is 1.76. The predicted octanol–water partition coefficient (Wildman–Crippen LogP) is 2.70. The molecule has 1 heterocycles. The van der Waals surface area contributed by atoms with Crippen molar-refractivity contribution in [1.29, 1.82) is 0 Å². The Hall–Kier alpha value is 0.310. The largest absolute Gasteiger partial charge is 0.380 e. The number of hydrogen-bond donors (Lipinski definition) is 0. The molecule has 0 amide bonds. The van der Waals surface area contributed by atoms with Gasteiger partial charge in [-0.2, -0.15) is 11.8 Å². The highest BCUT2D eigenvalue weighted by Gasteiger charge is 2.36. The standard InChI is InChI=1S/C9H18OS/c1-3-5-8-9(11-8)7-10-6-4-2/h8-9H,3-7H2,1-2H3. The van der Waals surface area contributed by atoms with Crippen LogP contribution in [0.5, 0.6) is 0 Å². The van der Waals surface area contributed by atoms with E-state index in [0.717, 1.165) is 30.1 Å². The molecule has 0 bridgehead atoms. The second-order valence-corrected chi connectivity index (χ2v) is 4.56. The Bertz CT molecular complexity index is 106. The van der Waals surface area contributed by atoms with Gasteiger partial charge < -0.3 is 4.74 Å². The zero-order valence-corrected chi connectivity index (χ0v) is 8.32. The molecule has 1 rings (SSSR count). The quantitative estimate of drug-likeness (QED) is 0.452. The molecule has 0 aromatic rings. The van der Waals surface area contributed by atoms with Crippen LogP contribution in [0.4, 0.5) is 0 Å². The Morgan fingerprint density at radius 3 is 2.64 bits per heavy atom. The van der Waals surface area contributed by atoms with Crippen molar-refractivity contribution in [3.63, 3.8) is 0 Å². The van der Waals surface area contributed by atoms with E-state index < -0.39 is 0 Å². The van der Waals surface area contributed by atoms with Crippen molar-refractivity contribution in [3.8, 4) is 0 Å². The van der Waals surface area contributed by atoms with Crippen LogP contribution in [0.15, 0.2) is 0 Å². The summed E-state index contributed by atoms with van der Waals surface area (Å²) in [6.07, 6.45) is 3.85. The monoisotopic (exact) mass is 174 g/mol. The fraction of sp³-hybridized carbons (Fsp3) is 1.00. The van der Waals surface area contributed by atoms with Gasteiger partial charge in [-0.05, 0) is 12.8 Å². The number of rotatable bonds is 6. The minimum absolute atomic E-state index is 0.835. The third kappa shape index (κ3) is 3.48. The molecule has 1 nitrogen and oxygen atoms in total. The summed E-state index contributed by atoms with van der Waals surface area (Å²) < 4.78 is 5.46. The first-order valence-corrected chi connectivity index (χ1v) is 5.56. The summed E-state index contributed by atoms with van der Waals surface area (Å²) >= 11 is 2.09. The minimum Gasteiger partial charge on any atom is -0.380 e. The topological polar surface area (TPSA) is 9.23 Å². The van der Waals surface area contributed by atoms with Gasteiger partial charge in [0.2, 0.25) is 0 Å². The van der Waals surface area contributed by atoms with Gasteiger partial charge >= 0.3 is 0 Å². The smallest absolute Gasteiger partial charge is 0.0595 e. The summed E-state index contributed by atoms with van der Waals surface area (Å²) in [5.41, 5.74) is 0. The molecule has 66 valence electrons. The molecule has 0 aromatic heterocycles. The van der Waals surface area contributed by atoms with E-state index in [1.54, 1.807) is 0 Å². The van der Waals surface area contributed by atoms with Gasteiger partial charge in [0.25, 0.3) is 0 Å². The lowest BCUT2D eigenvalue weighted by atomic mass is 10.2. The fourth-order valence-corrected chi connectivity index (χ4v) is 2.33. The van der Waals surface area contributed by atoms with Crippen LogP contribution < -0.4 is 0 Å². The molecule has 11 heavy (non-hydrogen) atoms. The molecular formula is C9H18OS. The molecule has 2 atom stereocenters. The van der Waals surface area contributed by atoms with Crippen LogP contribution >= 0.6 is 11.8 Å². The molecule has 2 unspecified atom stereocenters. The molecule has 0 N–H and O–H groups in total. The maximum atomic E-state index is 5.46. The first kappa shape index (κ1) is 9.40. The van der Waals surface area contributed by atoms with Crippen LogP contribution in [-0.2, 0) is 4.74 Å². The molecule has 0 radical (unpaired) electrons. The first-order chi connectivity index (χ1) is 5.38. The molecule has 1 aliphatic heterocycles. The number of hydrogen-bond acceptors (Lipinski definition) is 2. The van der Waals surface area contributed by atoms with Gasteiger partial charge in [0.1, 0.15) is 0 Å². The summed E-state index contributed by atoms with van der Waals surface area (Å²) in [7, 11) is 0. The zero-order valence-electron chi connectivity index (χ0n) is 7.51. The highest BCUT2D eigenvalue weighted by molar-refractivity contribution is 8.07. The van der Waals surface area contributed by atoms with Gasteiger partial charge in [0, 0.05) is 17.1 Å². The lowest BCUT2D eigenvalue weighted by Gasteiger charge is -1.98. The first-order valence-electron chi connectivity index (χ1n) is 4.61. The Morgan fingerprint density at radius 2 is 2.00 bits per heavy atom. The van der Waals surface area contributed by atoms with Gasteiger partial charge in [-0.1, -0.05) is 20.3 Å². The van der Waals surface area contributed by atoms with E-state index in [0.29, 0.717) is 0 Å². The van der Waals surface area contributed by atoms with Crippen LogP contribution in [0.3, 0.4) is 0 Å². The number of thioether (sulfide) groups is 1. The maximum absolute atomic E-state index is 5.46. The summed E-state index contributed by atoms with van der Waals surface area (Å²) in [4.78, 5) is 0. The van der Waals surface area contributed by atoms with Crippen LogP contribution in [0.25, 0.3) is 0 Å². The van der Waals surface area contributed by atoms with Gasteiger partial charge in [0.05, 0.1) is 6.61 Å². The predicted molar refractivity (Wildman–Crippen MR) is 51.2 cm³/mol. The van der Waals surface area contributed by atoms with Crippen molar-refractivity contribution in [2.24, 2.45) is 0 Å². The molecule has 1 fully saturated rings. The van der Waals surface area contributed by atoms with E-state index in [-0.39, 0.29) is 0 Å². The lowest BCUT2D eigenvalue weighted by Crippen LogP contribution is -2.04. The van der Waals surface area contributed by atoms with Crippen molar-refractivity contribution < 1.29 is 4.74 Å². The lowest BCUT2D eigenvalue weighted by molar-refractivity contribution is 0.140. The fourth-order valence-electron chi connectivity index (χ4n) is 1.21. The Kier molecular flexibility index (Phi) is 4.31. The van der Waals surface area contributed by atoms with Gasteiger partial charge in [-0.25, -0.2) is 0 Å².